The van der Waals surface area contributed by atoms with Crippen LogP contribution in [0.4, 0.5) is 5.82 Å². The maximum absolute atomic E-state index is 4.22. The van der Waals surface area contributed by atoms with E-state index < -0.39 is 0 Å². The summed E-state index contributed by atoms with van der Waals surface area (Å²) in [6.45, 7) is 4.38. The van der Waals surface area contributed by atoms with E-state index in [-0.39, 0.29) is 5.54 Å². The standard InChI is InChI=1S/C10H16N4/c1-10(2-4-11-5-3-10)14-9-8-12-6-7-13-9/h6-8,11H,2-5H2,1H3,(H,13,14). The largest absolute Gasteiger partial charge is 0.364 e. The minimum Gasteiger partial charge on any atom is -0.364 e. The average molecular weight is 192 g/mol. The van der Waals surface area contributed by atoms with E-state index in [9.17, 15) is 0 Å². The van der Waals surface area contributed by atoms with Crippen LogP contribution >= 0.6 is 0 Å². The first-order chi connectivity index (χ1) is 6.79. The molecule has 1 aromatic rings. The van der Waals surface area contributed by atoms with E-state index in [2.05, 4.69) is 27.5 Å². The average Bonchev–Trinajstić information content (AvgIpc) is 2.19. The lowest BCUT2D eigenvalue weighted by molar-refractivity contribution is 0.364. The number of hydrogen-bond acceptors (Lipinski definition) is 4. The van der Waals surface area contributed by atoms with E-state index in [0.717, 1.165) is 31.7 Å². The number of anilines is 1. The van der Waals surface area contributed by atoms with Gasteiger partial charge in [-0.15, -0.1) is 0 Å². The van der Waals surface area contributed by atoms with Crippen LogP contribution < -0.4 is 10.6 Å². The molecule has 0 aliphatic carbocycles. The summed E-state index contributed by atoms with van der Waals surface area (Å²) in [4.78, 5) is 8.26. The van der Waals surface area contributed by atoms with Crippen molar-refractivity contribution in [3.63, 3.8) is 0 Å². The molecule has 0 radical (unpaired) electrons. The molecule has 0 bridgehead atoms. The molecule has 0 atom stereocenters. The molecule has 0 unspecified atom stereocenters. The summed E-state index contributed by atoms with van der Waals surface area (Å²) in [5.74, 6) is 0.872. The van der Waals surface area contributed by atoms with Gasteiger partial charge in [0.2, 0.25) is 0 Å². The van der Waals surface area contributed by atoms with E-state index in [0.29, 0.717) is 0 Å². The van der Waals surface area contributed by atoms with Gasteiger partial charge in [-0.2, -0.15) is 0 Å². The summed E-state index contributed by atoms with van der Waals surface area (Å²) in [5.41, 5.74) is 0.168. The lowest BCUT2D eigenvalue weighted by Crippen LogP contribution is -2.45. The highest BCUT2D eigenvalue weighted by molar-refractivity contribution is 5.34. The zero-order chi connectivity index (χ0) is 9.86. The van der Waals surface area contributed by atoms with Crippen molar-refractivity contribution < 1.29 is 0 Å². The van der Waals surface area contributed by atoms with Crippen LogP contribution in [0.1, 0.15) is 19.8 Å². The Morgan fingerprint density at radius 3 is 2.79 bits per heavy atom. The van der Waals surface area contributed by atoms with Crippen LogP contribution in [0.25, 0.3) is 0 Å². The summed E-state index contributed by atoms with van der Waals surface area (Å²) >= 11 is 0. The molecule has 76 valence electrons. The van der Waals surface area contributed by atoms with E-state index in [1.807, 2.05) is 0 Å². The summed E-state index contributed by atoms with van der Waals surface area (Å²) in [5, 5.41) is 6.79. The third kappa shape index (κ3) is 2.20. The van der Waals surface area contributed by atoms with Crippen molar-refractivity contribution in [1.82, 2.24) is 15.3 Å². The first kappa shape index (κ1) is 9.40. The fourth-order valence-electron chi connectivity index (χ4n) is 1.78. The van der Waals surface area contributed by atoms with Gasteiger partial charge in [0, 0.05) is 17.9 Å². The normalized spacial score (nSPS) is 20.4. The van der Waals surface area contributed by atoms with Crippen molar-refractivity contribution in [2.75, 3.05) is 18.4 Å². The predicted octanol–water partition coefficient (Wildman–Crippen LogP) is 1.03. The Morgan fingerprint density at radius 2 is 2.14 bits per heavy atom. The van der Waals surface area contributed by atoms with E-state index in [4.69, 9.17) is 0 Å². The van der Waals surface area contributed by atoms with Crippen molar-refractivity contribution in [3.8, 4) is 0 Å². The Balaban J connectivity index is 2.02. The zero-order valence-corrected chi connectivity index (χ0v) is 8.45. The molecule has 0 aromatic carbocycles. The minimum atomic E-state index is 0.168. The first-order valence-corrected chi connectivity index (χ1v) is 5.03. The second kappa shape index (κ2) is 3.92. The highest BCUT2D eigenvalue weighted by Gasteiger charge is 2.26. The van der Waals surface area contributed by atoms with Gasteiger partial charge in [-0.25, -0.2) is 4.98 Å². The lowest BCUT2D eigenvalue weighted by atomic mass is 9.91. The molecule has 14 heavy (non-hydrogen) atoms. The van der Waals surface area contributed by atoms with Gasteiger partial charge in [0.1, 0.15) is 5.82 Å². The van der Waals surface area contributed by atoms with Crippen molar-refractivity contribution in [2.45, 2.75) is 25.3 Å². The Morgan fingerprint density at radius 1 is 1.36 bits per heavy atom. The van der Waals surface area contributed by atoms with Gasteiger partial charge in [0.15, 0.2) is 0 Å². The minimum absolute atomic E-state index is 0.168. The molecule has 2 rings (SSSR count). The molecule has 2 heterocycles. The second-order valence-corrected chi connectivity index (χ2v) is 4.03. The fourth-order valence-corrected chi connectivity index (χ4v) is 1.78. The maximum atomic E-state index is 4.22. The van der Waals surface area contributed by atoms with E-state index >= 15 is 0 Å². The monoisotopic (exact) mass is 192 g/mol. The van der Waals surface area contributed by atoms with Crippen LogP contribution in [-0.2, 0) is 0 Å². The summed E-state index contributed by atoms with van der Waals surface area (Å²) in [6.07, 6.45) is 7.43. The molecule has 4 heteroatoms. The quantitative estimate of drug-likeness (QED) is 0.735. The summed E-state index contributed by atoms with van der Waals surface area (Å²) in [7, 11) is 0. The van der Waals surface area contributed by atoms with Gasteiger partial charge in [0.05, 0.1) is 6.20 Å². The van der Waals surface area contributed by atoms with E-state index in [1.165, 1.54) is 0 Å². The van der Waals surface area contributed by atoms with Crippen molar-refractivity contribution in [1.29, 1.82) is 0 Å². The highest BCUT2D eigenvalue weighted by Crippen LogP contribution is 2.21. The van der Waals surface area contributed by atoms with Crippen LogP contribution in [0.15, 0.2) is 18.6 Å². The van der Waals surface area contributed by atoms with E-state index in [1.54, 1.807) is 18.6 Å². The van der Waals surface area contributed by atoms with Crippen LogP contribution in [0.3, 0.4) is 0 Å². The molecule has 1 fully saturated rings. The number of aromatic nitrogens is 2. The molecule has 1 aromatic heterocycles. The van der Waals surface area contributed by atoms with Gasteiger partial charge in [-0.1, -0.05) is 0 Å². The van der Waals surface area contributed by atoms with Gasteiger partial charge in [-0.3, -0.25) is 4.98 Å². The van der Waals surface area contributed by atoms with Crippen LogP contribution in [0.5, 0.6) is 0 Å². The van der Waals surface area contributed by atoms with Crippen molar-refractivity contribution in [2.24, 2.45) is 0 Å². The zero-order valence-electron chi connectivity index (χ0n) is 8.45. The Hall–Kier alpha value is -1.16. The Bertz CT molecular complexity index is 279. The highest BCUT2D eigenvalue weighted by atomic mass is 15.1. The number of piperidine rings is 1. The molecule has 1 saturated heterocycles. The number of nitrogens with one attached hydrogen (secondary N) is 2. The summed E-state index contributed by atoms with van der Waals surface area (Å²) < 4.78 is 0. The lowest BCUT2D eigenvalue weighted by Gasteiger charge is -2.35. The topological polar surface area (TPSA) is 49.8 Å². The number of hydrogen-bond donors (Lipinski definition) is 2. The van der Waals surface area contributed by atoms with Gasteiger partial charge in [-0.05, 0) is 32.9 Å². The summed E-state index contributed by atoms with van der Waals surface area (Å²) in [6, 6.07) is 0. The predicted molar refractivity (Wildman–Crippen MR) is 56.2 cm³/mol. The van der Waals surface area contributed by atoms with Gasteiger partial charge < -0.3 is 10.6 Å². The number of nitrogens with zero attached hydrogens (tertiary/aromatic N) is 2. The molecular weight excluding hydrogens is 176 g/mol. The first-order valence-electron chi connectivity index (χ1n) is 5.03. The van der Waals surface area contributed by atoms with Crippen LogP contribution in [0, 0.1) is 0 Å². The molecular formula is C10H16N4. The van der Waals surface area contributed by atoms with Crippen LogP contribution in [-0.4, -0.2) is 28.6 Å². The van der Waals surface area contributed by atoms with Crippen molar-refractivity contribution in [3.05, 3.63) is 18.6 Å². The molecule has 4 nitrogen and oxygen atoms in total. The SMILES string of the molecule is CC1(Nc2cnccn2)CCNCC1. The molecule has 2 N–H and O–H groups in total. The van der Waals surface area contributed by atoms with Gasteiger partial charge in [0.25, 0.3) is 0 Å². The van der Waals surface area contributed by atoms with Crippen molar-refractivity contribution >= 4 is 5.82 Å². The molecule has 1 aliphatic rings. The fraction of sp³-hybridized carbons (Fsp3) is 0.600. The molecule has 0 saturated carbocycles. The van der Waals surface area contributed by atoms with Crippen LogP contribution in [0.2, 0.25) is 0 Å². The smallest absolute Gasteiger partial charge is 0.144 e. The Labute approximate surface area is 84.2 Å². The second-order valence-electron chi connectivity index (χ2n) is 4.03. The molecule has 1 aliphatic heterocycles. The molecule has 0 spiro atoms. The Kier molecular flexibility index (Phi) is 2.63. The van der Waals surface area contributed by atoms with Gasteiger partial charge >= 0.3 is 0 Å². The maximum Gasteiger partial charge on any atom is 0.144 e. The molecule has 0 amide bonds. The third-order valence-electron chi connectivity index (χ3n) is 2.70. The number of rotatable bonds is 2. The third-order valence-corrected chi connectivity index (χ3v) is 2.70.